The predicted molar refractivity (Wildman–Crippen MR) is 71.2 cm³/mol. The SMILES string of the molecule is Cc1ccc(-c2nc(CS(=O)(=O)CC(N)=O)no2)cc1. The van der Waals surface area contributed by atoms with Crippen molar-refractivity contribution in [1.29, 1.82) is 0 Å². The Morgan fingerprint density at radius 3 is 2.55 bits per heavy atom. The lowest BCUT2D eigenvalue weighted by atomic mass is 10.1. The summed E-state index contributed by atoms with van der Waals surface area (Å²) in [6.07, 6.45) is 0. The molecule has 7 nitrogen and oxygen atoms in total. The fourth-order valence-electron chi connectivity index (χ4n) is 1.59. The summed E-state index contributed by atoms with van der Waals surface area (Å²) in [6.45, 7) is 1.94. The Morgan fingerprint density at radius 1 is 1.30 bits per heavy atom. The summed E-state index contributed by atoms with van der Waals surface area (Å²) in [7, 11) is -3.67. The lowest BCUT2D eigenvalue weighted by Crippen LogP contribution is -2.24. The maximum Gasteiger partial charge on any atom is 0.257 e. The number of carbonyl (C=O) groups excluding carboxylic acids is 1. The fourth-order valence-corrected chi connectivity index (χ4v) is 2.64. The summed E-state index contributed by atoms with van der Waals surface area (Å²) in [4.78, 5) is 14.6. The number of rotatable bonds is 5. The number of amides is 1. The fraction of sp³-hybridized carbons (Fsp3) is 0.250. The molecule has 2 rings (SSSR count). The summed E-state index contributed by atoms with van der Waals surface area (Å²) >= 11 is 0. The van der Waals surface area contributed by atoms with Gasteiger partial charge >= 0.3 is 0 Å². The number of hydrogen-bond donors (Lipinski definition) is 1. The maximum absolute atomic E-state index is 11.6. The van der Waals surface area contributed by atoms with Crippen molar-refractivity contribution in [3.8, 4) is 11.5 Å². The lowest BCUT2D eigenvalue weighted by molar-refractivity contribution is -0.115. The Balaban J connectivity index is 2.17. The smallest absolute Gasteiger partial charge is 0.257 e. The van der Waals surface area contributed by atoms with Crippen molar-refractivity contribution < 1.29 is 17.7 Å². The van der Waals surface area contributed by atoms with Gasteiger partial charge in [-0.3, -0.25) is 4.79 Å². The van der Waals surface area contributed by atoms with E-state index >= 15 is 0 Å². The van der Waals surface area contributed by atoms with Gasteiger partial charge in [0.2, 0.25) is 5.91 Å². The molecule has 1 aromatic heterocycles. The average Bonchev–Trinajstić information content (AvgIpc) is 2.75. The zero-order valence-electron chi connectivity index (χ0n) is 10.7. The third kappa shape index (κ3) is 3.64. The number of carbonyl (C=O) groups is 1. The van der Waals surface area contributed by atoms with Crippen LogP contribution in [0.5, 0.6) is 0 Å². The van der Waals surface area contributed by atoms with Gasteiger partial charge in [0.1, 0.15) is 11.5 Å². The first-order valence-corrected chi connectivity index (χ1v) is 7.56. The zero-order chi connectivity index (χ0) is 14.8. The van der Waals surface area contributed by atoms with E-state index in [0.717, 1.165) is 5.56 Å². The van der Waals surface area contributed by atoms with E-state index in [2.05, 4.69) is 10.1 Å². The van der Waals surface area contributed by atoms with E-state index in [1.807, 2.05) is 19.1 Å². The van der Waals surface area contributed by atoms with E-state index in [-0.39, 0.29) is 11.7 Å². The van der Waals surface area contributed by atoms with Crippen molar-refractivity contribution in [2.24, 2.45) is 5.73 Å². The van der Waals surface area contributed by atoms with Crippen molar-refractivity contribution in [2.75, 3.05) is 5.75 Å². The Bertz CT molecular complexity index is 719. The minimum Gasteiger partial charge on any atom is -0.369 e. The van der Waals surface area contributed by atoms with Crippen LogP contribution in [0.3, 0.4) is 0 Å². The van der Waals surface area contributed by atoms with Crippen LogP contribution in [0.4, 0.5) is 0 Å². The van der Waals surface area contributed by atoms with Crippen LogP contribution in [0.15, 0.2) is 28.8 Å². The molecule has 0 fully saturated rings. The van der Waals surface area contributed by atoms with E-state index in [4.69, 9.17) is 10.3 Å². The molecule has 106 valence electrons. The predicted octanol–water partition coefficient (Wildman–Crippen LogP) is 0.445. The Labute approximate surface area is 115 Å². The largest absolute Gasteiger partial charge is 0.369 e. The maximum atomic E-state index is 11.6. The number of sulfone groups is 1. The summed E-state index contributed by atoms with van der Waals surface area (Å²) in [5.41, 5.74) is 6.64. The van der Waals surface area contributed by atoms with E-state index in [0.29, 0.717) is 5.56 Å². The van der Waals surface area contributed by atoms with Crippen LogP contribution in [0.1, 0.15) is 11.4 Å². The monoisotopic (exact) mass is 295 g/mol. The van der Waals surface area contributed by atoms with Gasteiger partial charge in [-0.25, -0.2) is 8.42 Å². The number of primary amides is 1. The topological polar surface area (TPSA) is 116 Å². The molecule has 0 spiro atoms. The van der Waals surface area contributed by atoms with Crippen LogP contribution in [-0.2, 0) is 20.4 Å². The highest BCUT2D eigenvalue weighted by atomic mass is 32.2. The quantitative estimate of drug-likeness (QED) is 0.855. The molecule has 1 aromatic carbocycles. The summed E-state index contributed by atoms with van der Waals surface area (Å²) in [6, 6.07) is 7.35. The van der Waals surface area contributed by atoms with Crippen LogP contribution < -0.4 is 5.73 Å². The normalized spacial score (nSPS) is 11.4. The third-order valence-corrected chi connectivity index (χ3v) is 3.90. The summed E-state index contributed by atoms with van der Waals surface area (Å²) < 4.78 is 28.2. The van der Waals surface area contributed by atoms with Gasteiger partial charge in [-0.1, -0.05) is 22.9 Å². The molecule has 0 aliphatic carbocycles. The molecule has 1 amide bonds. The van der Waals surface area contributed by atoms with E-state index in [9.17, 15) is 13.2 Å². The summed E-state index contributed by atoms with van der Waals surface area (Å²) in [5, 5.41) is 3.59. The van der Waals surface area contributed by atoms with Crippen molar-refractivity contribution in [2.45, 2.75) is 12.7 Å². The second kappa shape index (κ2) is 5.41. The first-order chi connectivity index (χ1) is 9.35. The molecule has 2 aromatic rings. The number of hydrogen-bond acceptors (Lipinski definition) is 6. The van der Waals surface area contributed by atoms with E-state index in [1.54, 1.807) is 12.1 Å². The highest BCUT2D eigenvalue weighted by Gasteiger charge is 2.19. The Morgan fingerprint density at radius 2 is 1.95 bits per heavy atom. The second-order valence-electron chi connectivity index (χ2n) is 4.38. The number of aryl methyl sites for hydroxylation is 1. The number of nitrogens with zero attached hydrogens (tertiary/aromatic N) is 2. The van der Waals surface area contributed by atoms with Crippen LogP contribution >= 0.6 is 0 Å². The van der Waals surface area contributed by atoms with Crippen LogP contribution in [0, 0.1) is 6.92 Å². The molecule has 0 saturated heterocycles. The van der Waals surface area contributed by atoms with Gasteiger partial charge in [-0.15, -0.1) is 0 Å². The minimum atomic E-state index is -3.67. The van der Waals surface area contributed by atoms with Crippen molar-refractivity contribution in [3.63, 3.8) is 0 Å². The highest BCUT2D eigenvalue weighted by Crippen LogP contribution is 2.18. The molecule has 0 saturated carbocycles. The van der Waals surface area contributed by atoms with Crippen molar-refractivity contribution in [3.05, 3.63) is 35.7 Å². The molecule has 0 bridgehead atoms. The van der Waals surface area contributed by atoms with Gasteiger partial charge < -0.3 is 10.3 Å². The molecule has 0 unspecified atom stereocenters. The molecular weight excluding hydrogens is 282 g/mol. The molecule has 2 N–H and O–H groups in total. The van der Waals surface area contributed by atoms with Crippen LogP contribution in [0.2, 0.25) is 0 Å². The third-order valence-electron chi connectivity index (χ3n) is 2.48. The van der Waals surface area contributed by atoms with Gasteiger partial charge in [0, 0.05) is 5.56 Å². The number of aromatic nitrogens is 2. The van der Waals surface area contributed by atoms with Gasteiger partial charge in [0.15, 0.2) is 15.7 Å². The molecule has 20 heavy (non-hydrogen) atoms. The van der Waals surface area contributed by atoms with Gasteiger partial charge in [0.05, 0.1) is 0 Å². The summed E-state index contributed by atoms with van der Waals surface area (Å²) in [5.74, 6) is -1.89. The van der Waals surface area contributed by atoms with Crippen molar-refractivity contribution >= 4 is 15.7 Å². The molecule has 0 aliphatic rings. The molecule has 8 heteroatoms. The molecule has 0 atom stereocenters. The number of benzene rings is 1. The zero-order valence-corrected chi connectivity index (χ0v) is 11.6. The lowest BCUT2D eigenvalue weighted by Gasteiger charge is -1.96. The second-order valence-corrected chi connectivity index (χ2v) is 6.44. The molecule has 0 radical (unpaired) electrons. The molecule has 0 aliphatic heterocycles. The Hall–Kier alpha value is -2.22. The van der Waals surface area contributed by atoms with Crippen LogP contribution in [-0.4, -0.2) is 30.2 Å². The minimum absolute atomic E-state index is 0.00169. The van der Waals surface area contributed by atoms with E-state index < -0.39 is 27.3 Å². The number of nitrogens with two attached hydrogens (primary N) is 1. The van der Waals surface area contributed by atoms with Gasteiger partial charge in [-0.2, -0.15) is 4.98 Å². The van der Waals surface area contributed by atoms with Gasteiger partial charge in [0.25, 0.3) is 5.89 Å². The average molecular weight is 295 g/mol. The molecular formula is C12H13N3O4S. The highest BCUT2D eigenvalue weighted by molar-refractivity contribution is 7.91. The standard InChI is InChI=1S/C12H13N3O4S/c1-8-2-4-9(5-3-8)12-14-11(15-19-12)7-20(17,18)6-10(13)16/h2-5H,6-7H2,1H3,(H2,13,16). The van der Waals surface area contributed by atoms with E-state index in [1.165, 1.54) is 0 Å². The van der Waals surface area contributed by atoms with Gasteiger partial charge in [-0.05, 0) is 19.1 Å². The Kier molecular flexibility index (Phi) is 3.84. The first kappa shape index (κ1) is 14.2. The molecule has 1 heterocycles. The van der Waals surface area contributed by atoms with Crippen LogP contribution in [0.25, 0.3) is 11.5 Å². The first-order valence-electron chi connectivity index (χ1n) is 5.74. The van der Waals surface area contributed by atoms with Crippen molar-refractivity contribution in [1.82, 2.24) is 10.1 Å².